The Kier molecular flexibility index (Phi) is 12.8. The van der Waals surface area contributed by atoms with Crippen molar-refractivity contribution in [2.75, 3.05) is 6.61 Å². The zero-order valence-corrected chi connectivity index (χ0v) is 20.4. The summed E-state index contributed by atoms with van der Waals surface area (Å²) in [6.07, 6.45) is 13.8. The maximum Gasteiger partial charge on any atom is 0.343 e. The standard InChI is InChI=1S/C29H40O4/c1-4-6-8-10-11-13-23-31-26-19-21-28(22-20-26)33-29(30)25-15-17-27(18-16-25)32-24(3)14-12-9-7-5-2/h4,15-22,24H,1,5-14,23H2,2-3H3/t24-/m0/s1. The van der Waals surface area contributed by atoms with Crippen molar-refractivity contribution in [2.45, 2.75) is 84.2 Å². The summed E-state index contributed by atoms with van der Waals surface area (Å²) < 4.78 is 17.2. The Bertz CT molecular complexity index is 795. The highest BCUT2D eigenvalue weighted by Crippen LogP contribution is 2.21. The van der Waals surface area contributed by atoms with Gasteiger partial charge in [-0.1, -0.05) is 45.1 Å². The lowest BCUT2D eigenvalue weighted by Gasteiger charge is -2.14. The minimum Gasteiger partial charge on any atom is -0.494 e. The van der Waals surface area contributed by atoms with Crippen LogP contribution in [0.4, 0.5) is 0 Å². The molecule has 2 aromatic carbocycles. The maximum absolute atomic E-state index is 12.5. The van der Waals surface area contributed by atoms with Crippen LogP contribution in [0.5, 0.6) is 17.2 Å². The third-order valence-electron chi connectivity index (χ3n) is 5.50. The van der Waals surface area contributed by atoms with Crippen LogP contribution in [0.1, 0.15) is 88.4 Å². The summed E-state index contributed by atoms with van der Waals surface area (Å²) in [6.45, 7) is 8.74. The average molecular weight is 453 g/mol. The number of hydrogen-bond acceptors (Lipinski definition) is 4. The SMILES string of the molecule is C=CCCCCCCOc1ccc(OC(=O)c2ccc(O[C@@H](C)CCCCCC)cc2)cc1. The van der Waals surface area contributed by atoms with E-state index < -0.39 is 0 Å². The number of hydrogen-bond donors (Lipinski definition) is 0. The van der Waals surface area contributed by atoms with Gasteiger partial charge < -0.3 is 14.2 Å². The molecule has 0 aliphatic carbocycles. The van der Waals surface area contributed by atoms with E-state index in [1.165, 1.54) is 38.5 Å². The maximum atomic E-state index is 12.5. The number of carbonyl (C=O) groups excluding carboxylic acids is 1. The molecule has 0 saturated heterocycles. The van der Waals surface area contributed by atoms with Gasteiger partial charge >= 0.3 is 5.97 Å². The molecule has 0 spiro atoms. The second-order valence-corrected chi connectivity index (χ2v) is 8.50. The molecule has 0 saturated carbocycles. The molecule has 0 bridgehead atoms. The fraction of sp³-hybridized carbons (Fsp3) is 0.483. The molecule has 0 N–H and O–H groups in total. The molecule has 0 aliphatic heterocycles. The first-order valence-electron chi connectivity index (χ1n) is 12.4. The summed E-state index contributed by atoms with van der Waals surface area (Å²) in [5, 5.41) is 0. The summed E-state index contributed by atoms with van der Waals surface area (Å²) in [5.41, 5.74) is 0.495. The van der Waals surface area contributed by atoms with Gasteiger partial charge in [0.2, 0.25) is 0 Å². The van der Waals surface area contributed by atoms with Crippen molar-refractivity contribution in [1.82, 2.24) is 0 Å². The number of esters is 1. The van der Waals surface area contributed by atoms with Gasteiger partial charge in [-0.05, 0) is 87.6 Å². The molecule has 0 aromatic heterocycles. The number of carbonyl (C=O) groups is 1. The zero-order valence-electron chi connectivity index (χ0n) is 20.4. The number of allylic oxidation sites excluding steroid dienone is 1. The number of unbranched alkanes of at least 4 members (excludes halogenated alkanes) is 7. The highest BCUT2D eigenvalue weighted by atomic mass is 16.5. The second-order valence-electron chi connectivity index (χ2n) is 8.50. The predicted molar refractivity (Wildman–Crippen MR) is 135 cm³/mol. The van der Waals surface area contributed by atoms with Crippen molar-refractivity contribution in [3.8, 4) is 17.2 Å². The fourth-order valence-electron chi connectivity index (χ4n) is 3.52. The Morgan fingerprint density at radius 1 is 0.848 bits per heavy atom. The van der Waals surface area contributed by atoms with E-state index >= 15 is 0 Å². The molecular formula is C29H40O4. The summed E-state index contributed by atoms with van der Waals surface area (Å²) >= 11 is 0. The van der Waals surface area contributed by atoms with E-state index in [9.17, 15) is 4.79 Å². The highest BCUT2D eigenvalue weighted by Gasteiger charge is 2.10. The predicted octanol–water partition coefficient (Wildman–Crippen LogP) is 8.16. The highest BCUT2D eigenvalue weighted by molar-refractivity contribution is 5.91. The van der Waals surface area contributed by atoms with Crippen LogP contribution < -0.4 is 14.2 Å². The molecule has 0 radical (unpaired) electrons. The second kappa shape index (κ2) is 16.0. The van der Waals surface area contributed by atoms with E-state index in [0.717, 1.165) is 37.2 Å². The van der Waals surface area contributed by atoms with Crippen molar-refractivity contribution in [1.29, 1.82) is 0 Å². The Morgan fingerprint density at radius 2 is 1.48 bits per heavy atom. The molecule has 4 nitrogen and oxygen atoms in total. The number of ether oxygens (including phenoxy) is 3. The molecule has 33 heavy (non-hydrogen) atoms. The van der Waals surface area contributed by atoms with E-state index in [-0.39, 0.29) is 12.1 Å². The number of benzene rings is 2. The largest absolute Gasteiger partial charge is 0.494 e. The Balaban J connectivity index is 1.71. The van der Waals surface area contributed by atoms with Gasteiger partial charge in [0.05, 0.1) is 18.3 Å². The lowest BCUT2D eigenvalue weighted by atomic mass is 10.1. The van der Waals surface area contributed by atoms with E-state index in [4.69, 9.17) is 14.2 Å². The van der Waals surface area contributed by atoms with Crippen molar-refractivity contribution in [3.63, 3.8) is 0 Å². The van der Waals surface area contributed by atoms with Crippen LogP contribution in [0.2, 0.25) is 0 Å². The first kappa shape index (κ1) is 26.5. The summed E-state index contributed by atoms with van der Waals surface area (Å²) in [4.78, 5) is 12.5. The van der Waals surface area contributed by atoms with Crippen LogP contribution in [0, 0.1) is 0 Å². The minimum atomic E-state index is -0.387. The van der Waals surface area contributed by atoms with Crippen LogP contribution in [0.25, 0.3) is 0 Å². The molecule has 2 rings (SSSR count). The molecule has 0 heterocycles. The van der Waals surface area contributed by atoms with E-state index in [0.29, 0.717) is 17.9 Å². The van der Waals surface area contributed by atoms with Gasteiger partial charge in [-0.2, -0.15) is 0 Å². The molecule has 0 amide bonds. The Hall–Kier alpha value is -2.75. The zero-order chi connectivity index (χ0) is 23.7. The molecule has 0 unspecified atom stereocenters. The first-order valence-corrected chi connectivity index (χ1v) is 12.4. The van der Waals surface area contributed by atoms with Crippen LogP contribution in [-0.4, -0.2) is 18.7 Å². The summed E-state index contributed by atoms with van der Waals surface area (Å²) in [6, 6.07) is 14.3. The molecule has 1 atom stereocenters. The van der Waals surface area contributed by atoms with Gasteiger partial charge in [0.1, 0.15) is 17.2 Å². The van der Waals surface area contributed by atoms with E-state index in [1.807, 2.05) is 30.3 Å². The van der Waals surface area contributed by atoms with Gasteiger partial charge in [-0.3, -0.25) is 0 Å². The summed E-state index contributed by atoms with van der Waals surface area (Å²) in [5.74, 6) is 1.67. The van der Waals surface area contributed by atoms with Crippen LogP contribution in [-0.2, 0) is 0 Å². The lowest BCUT2D eigenvalue weighted by molar-refractivity contribution is 0.0734. The van der Waals surface area contributed by atoms with Crippen LogP contribution in [0.3, 0.4) is 0 Å². The first-order chi connectivity index (χ1) is 16.1. The lowest BCUT2D eigenvalue weighted by Crippen LogP contribution is -2.12. The smallest absolute Gasteiger partial charge is 0.343 e. The van der Waals surface area contributed by atoms with Gasteiger partial charge in [-0.15, -0.1) is 6.58 Å². The Morgan fingerprint density at radius 3 is 2.18 bits per heavy atom. The van der Waals surface area contributed by atoms with Gasteiger partial charge in [0, 0.05) is 0 Å². The van der Waals surface area contributed by atoms with Crippen LogP contribution in [0.15, 0.2) is 61.2 Å². The molecule has 180 valence electrons. The van der Waals surface area contributed by atoms with Crippen molar-refractivity contribution in [2.24, 2.45) is 0 Å². The van der Waals surface area contributed by atoms with Gasteiger partial charge in [0.25, 0.3) is 0 Å². The minimum absolute atomic E-state index is 0.164. The number of rotatable bonds is 17. The molecule has 0 aliphatic rings. The normalized spacial score (nSPS) is 11.6. The molecule has 4 heteroatoms. The fourth-order valence-corrected chi connectivity index (χ4v) is 3.52. The molecule has 2 aromatic rings. The van der Waals surface area contributed by atoms with E-state index in [2.05, 4.69) is 20.4 Å². The topological polar surface area (TPSA) is 44.8 Å². The van der Waals surface area contributed by atoms with Crippen molar-refractivity contribution < 1.29 is 19.0 Å². The quantitative estimate of drug-likeness (QED) is 0.105. The van der Waals surface area contributed by atoms with Gasteiger partial charge in [-0.25, -0.2) is 4.79 Å². The van der Waals surface area contributed by atoms with Crippen LogP contribution >= 0.6 is 0 Å². The molecular weight excluding hydrogens is 412 g/mol. The third kappa shape index (κ3) is 11.1. The molecule has 0 fully saturated rings. The van der Waals surface area contributed by atoms with Gasteiger partial charge in [0.15, 0.2) is 0 Å². The third-order valence-corrected chi connectivity index (χ3v) is 5.50. The average Bonchev–Trinajstić information content (AvgIpc) is 2.83. The van der Waals surface area contributed by atoms with Crippen molar-refractivity contribution in [3.05, 3.63) is 66.7 Å². The van der Waals surface area contributed by atoms with E-state index in [1.54, 1.807) is 24.3 Å². The Labute approximate surface area is 200 Å². The summed E-state index contributed by atoms with van der Waals surface area (Å²) in [7, 11) is 0. The monoisotopic (exact) mass is 452 g/mol. The van der Waals surface area contributed by atoms with Crippen molar-refractivity contribution >= 4 is 5.97 Å².